The average molecular weight is 407 g/mol. The highest BCUT2D eigenvalue weighted by molar-refractivity contribution is 6.30. The van der Waals surface area contributed by atoms with Gasteiger partial charge in [0.15, 0.2) is 17.4 Å². The number of methoxy groups -OCH3 is 2. The SMILES string of the molecule is COc1cc2[nH]c(O)c(C(=Nc3ccc(Cl)cc3)c3ccccc3)c2cc1OC. The minimum atomic E-state index is 0.0203. The number of nitrogens with zero attached hydrogens (tertiary/aromatic N) is 1. The van der Waals surface area contributed by atoms with Crippen molar-refractivity contribution in [2.24, 2.45) is 4.99 Å². The van der Waals surface area contributed by atoms with Gasteiger partial charge in [0.1, 0.15) is 0 Å². The van der Waals surface area contributed by atoms with E-state index in [1.54, 1.807) is 32.4 Å². The van der Waals surface area contributed by atoms with Gasteiger partial charge < -0.3 is 19.6 Å². The number of rotatable bonds is 5. The van der Waals surface area contributed by atoms with Crippen molar-refractivity contribution in [2.75, 3.05) is 14.2 Å². The molecule has 0 aliphatic carbocycles. The van der Waals surface area contributed by atoms with Crippen LogP contribution in [-0.2, 0) is 0 Å². The van der Waals surface area contributed by atoms with Gasteiger partial charge in [-0.05, 0) is 30.3 Å². The number of H-pyrrole nitrogens is 1. The fourth-order valence-electron chi connectivity index (χ4n) is 3.25. The van der Waals surface area contributed by atoms with Crippen LogP contribution in [0.15, 0.2) is 71.7 Å². The van der Waals surface area contributed by atoms with Crippen molar-refractivity contribution < 1.29 is 14.6 Å². The number of benzene rings is 3. The smallest absolute Gasteiger partial charge is 0.199 e. The lowest BCUT2D eigenvalue weighted by Crippen LogP contribution is -2.03. The first-order valence-corrected chi connectivity index (χ1v) is 9.35. The summed E-state index contributed by atoms with van der Waals surface area (Å²) in [6.07, 6.45) is 0. The summed E-state index contributed by atoms with van der Waals surface area (Å²) >= 11 is 6.01. The van der Waals surface area contributed by atoms with Crippen LogP contribution in [0, 0.1) is 0 Å². The molecule has 0 radical (unpaired) electrons. The minimum absolute atomic E-state index is 0.0203. The third kappa shape index (κ3) is 3.65. The molecule has 2 N–H and O–H groups in total. The lowest BCUT2D eigenvalue weighted by atomic mass is 10.0. The molecule has 1 heterocycles. The monoisotopic (exact) mass is 406 g/mol. The number of aromatic amines is 1. The van der Waals surface area contributed by atoms with E-state index in [0.717, 1.165) is 22.2 Å². The number of fused-ring (bicyclic) bond motifs is 1. The van der Waals surface area contributed by atoms with Crippen molar-refractivity contribution >= 4 is 33.9 Å². The maximum absolute atomic E-state index is 10.8. The lowest BCUT2D eigenvalue weighted by Gasteiger charge is -2.10. The fraction of sp³-hybridized carbons (Fsp3) is 0.0870. The second-order valence-corrected chi connectivity index (χ2v) is 6.84. The summed E-state index contributed by atoms with van der Waals surface area (Å²) in [4.78, 5) is 7.84. The Bertz CT molecular complexity index is 1180. The number of aliphatic imine (C=N–C) groups is 1. The van der Waals surface area contributed by atoms with Crippen molar-refractivity contribution in [3.05, 3.63) is 82.9 Å². The molecule has 0 saturated heterocycles. The number of nitrogens with one attached hydrogen (secondary N) is 1. The van der Waals surface area contributed by atoms with E-state index in [-0.39, 0.29) is 5.88 Å². The predicted molar refractivity (Wildman–Crippen MR) is 116 cm³/mol. The van der Waals surface area contributed by atoms with E-state index in [9.17, 15) is 5.11 Å². The molecule has 0 spiro atoms. The molecule has 0 amide bonds. The van der Waals surface area contributed by atoms with E-state index in [1.165, 1.54) is 0 Å². The highest BCUT2D eigenvalue weighted by Crippen LogP contribution is 2.38. The molecule has 29 heavy (non-hydrogen) atoms. The lowest BCUT2D eigenvalue weighted by molar-refractivity contribution is 0.356. The Balaban J connectivity index is 1.99. The molecule has 0 saturated carbocycles. The first kappa shape index (κ1) is 18.9. The van der Waals surface area contributed by atoms with Crippen LogP contribution in [0.25, 0.3) is 10.9 Å². The summed E-state index contributed by atoms with van der Waals surface area (Å²) in [5.41, 5.74) is 3.52. The molecule has 4 aromatic rings. The molecule has 5 nitrogen and oxygen atoms in total. The minimum Gasteiger partial charge on any atom is -0.494 e. The average Bonchev–Trinajstić information content (AvgIpc) is 3.07. The van der Waals surface area contributed by atoms with Crippen LogP contribution in [0.1, 0.15) is 11.1 Å². The van der Waals surface area contributed by atoms with Crippen molar-refractivity contribution in [2.45, 2.75) is 0 Å². The Morgan fingerprint density at radius 2 is 1.59 bits per heavy atom. The number of ether oxygens (including phenoxy) is 2. The van der Waals surface area contributed by atoms with E-state index in [2.05, 4.69) is 4.98 Å². The highest BCUT2D eigenvalue weighted by Gasteiger charge is 2.20. The molecule has 146 valence electrons. The summed E-state index contributed by atoms with van der Waals surface area (Å²) < 4.78 is 10.8. The fourth-order valence-corrected chi connectivity index (χ4v) is 3.38. The molecule has 0 aliphatic rings. The summed E-state index contributed by atoms with van der Waals surface area (Å²) in [6, 6.07) is 20.6. The molecule has 0 atom stereocenters. The van der Waals surface area contributed by atoms with Gasteiger partial charge in [-0.2, -0.15) is 0 Å². The van der Waals surface area contributed by atoms with Crippen LogP contribution in [0.5, 0.6) is 17.4 Å². The topological polar surface area (TPSA) is 66.8 Å². The van der Waals surface area contributed by atoms with Crippen LogP contribution in [-0.4, -0.2) is 30.0 Å². The summed E-state index contributed by atoms with van der Waals surface area (Å²) in [5.74, 6) is 1.16. The second-order valence-electron chi connectivity index (χ2n) is 6.40. The number of aromatic hydroxyl groups is 1. The van der Waals surface area contributed by atoms with Crippen molar-refractivity contribution in [1.29, 1.82) is 0 Å². The van der Waals surface area contributed by atoms with Gasteiger partial charge >= 0.3 is 0 Å². The Hall–Kier alpha value is -3.44. The van der Waals surface area contributed by atoms with Gasteiger partial charge in [0.25, 0.3) is 0 Å². The van der Waals surface area contributed by atoms with Gasteiger partial charge in [-0.15, -0.1) is 0 Å². The highest BCUT2D eigenvalue weighted by atomic mass is 35.5. The molecule has 3 aromatic carbocycles. The maximum Gasteiger partial charge on any atom is 0.199 e. The Morgan fingerprint density at radius 1 is 0.931 bits per heavy atom. The summed E-state index contributed by atoms with van der Waals surface area (Å²) in [6.45, 7) is 0. The number of halogens is 1. The Kier molecular flexibility index (Phi) is 5.14. The zero-order chi connectivity index (χ0) is 20.4. The van der Waals surface area contributed by atoms with E-state index in [1.807, 2.05) is 48.5 Å². The van der Waals surface area contributed by atoms with Crippen LogP contribution < -0.4 is 9.47 Å². The van der Waals surface area contributed by atoms with Crippen LogP contribution >= 0.6 is 11.6 Å². The van der Waals surface area contributed by atoms with E-state index < -0.39 is 0 Å². The van der Waals surface area contributed by atoms with Crippen molar-refractivity contribution in [3.8, 4) is 17.4 Å². The van der Waals surface area contributed by atoms with Gasteiger partial charge in [-0.3, -0.25) is 0 Å². The first-order chi connectivity index (χ1) is 14.1. The van der Waals surface area contributed by atoms with E-state index >= 15 is 0 Å². The second kappa shape index (κ2) is 7.89. The first-order valence-electron chi connectivity index (χ1n) is 8.97. The van der Waals surface area contributed by atoms with Gasteiger partial charge in [0, 0.05) is 22.0 Å². The largest absolute Gasteiger partial charge is 0.494 e. The maximum atomic E-state index is 10.8. The number of hydrogen-bond donors (Lipinski definition) is 2. The zero-order valence-electron chi connectivity index (χ0n) is 15.9. The molecule has 0 aliphatic heterocycles. The molecule has 0 unspecified atom stereocenters. The molecule has 1 aromatic heterocycles. The van der Waals surface area contributed by atoms with E-state index in [0.29, 0.717) is 27.8 Å². The summed E-state index contributed by atoms with van der Waals surface area (Å²) in [7, 11) is 3.15. The van der Waals surface area contributed by atoms with Crippen molar-refractivity contribution in [1.82, 2.24) is 4.98 Å². The van der Waals surface area contributed by atoms with E-state index in [4.69, 9.17) is 26.1 Å². The Labute approximate surface area is 173 Å². The van der Waals surface area contributed by atoms with Crippen LogP contribution in [0.3, 0.4) is 0 Å². The zero-order valence-corrected chi connectivity index (χ0v) is 16.7. The Morgan fingerprint density at radius 3 is 2.24 bits per heavy atom. The standard InChI is InChI=1S/C23H19ClN2O3/c1-28-19-12-17-18(13-20(19)29-2)26-23(27)21(17)22(14-6-4-3-5-7-14)25-16-10-8-15(24)9-11-16/h3-13,26-27H,1-2H3. The third-order valence-corrected chi connectivity index (χ3v) is 4.89. The molecular weight excluding hydrogens is 388 g/mol. The third-order valence-electron chi connectivity index (χ3n) is 4.63. The quantitative estimate of drug-likeness (QED) is 0.417. The summed E-state index contributed by atoms with van der Waals surface area (Å²) in [5, 5.41) is 12.2. The molecule has 0 fully saturated rings. The number of hydrogen-bond acceptors (Lipinski definition) is 4. The molecule has 6 heteroatoms. The normalized spacial score (nSPS) is 11.6. The van der Waals surface area contributed by atoms with Gasteiger partial charge in [-0.25, -0.2) is 4.99 Å². The van der Waals surface area contributed by atoms with Crippen LogP contribution in [0.2, 0.25) is 5.02 Å². The van der Waals surface area contributed by atoms with Gasteiger partial charge in [0.2, 0.25) is 0 Å². The number of aromatic nitrogens is 1. The van der Waals surface area contributed by atoms with Crippen LogP contribution in [0.4, 0.5) is 5.69 Å². The molecule has 0 bridgehead atoms. The van der Waals surface area contributed by atoms with Gasteiger partial charge in [-0.1, -0.05) is 41.9 Å². The molecular formula is C23H19ClN2O3. The molecule has 4 rings (SSSR count). The van der Waals surface area contributed by atoms with Crippen molar-refractivity contribution in [3.63, 3.8) is 0 Å². The predicted octanol–water partition coefficient (Wildman–Crippen LogP) is 5.71. The van der Waals surface area contributed by atoms with Gasteiger partial charge in [0.05, 0.1) is 36.7 Å².